The molecule has 2 rings (SSSR count). The lowest BCUT2D eigenvalue weighted by Gasteiger charge is -2.15. The molecule has 2 aromatic rings. The Morgan fingerprint density at radius 2 is 2.00 bits per heavy atom. The fourth-order valence-corrected chi connectivity index (χ4v) is 2.00. The number of rotatable bonds is 5. The Bertz CT molecular complexity index is 566. The van der Waals surface area contributed by atoms with Gasteiger partial charge in [0.15, 0.2) is 0 Å². The largest absolute Gasteiger partial charge is 0.496 e. The van der Waals surface area contributed by atoms with Gasteiger partial charge in [0.2, 0.25) is 0 Å². The number of aromatic amines is 1. The highest BCUT2D eigenvalue weighted by atomic mass is 16.5. The van der Waals surface area contributed by atoms with Crippen molar-refractivity contribution in [1.29, 1.82) is 0 Å². The van der Waals surface area contributed by atoms with E-state index >= 15 is 0 Å². The first-order valence-corrected chi connectivity index (χ1v) is 5.75. The highest BCUT2D eigenvalue weighted by Crippen LogP contribution is 2.38. The minimum absolute atomic E-state index is 0.393. The number of nitrogens with two attached hydrogens (primary N) is 1. The van der Waals surface area contributed by atoms with Crippen LogP contribution in [0.1, 0.15) is 5.56 Å². The van der Waals surface area contributed by atoms with E-state index in [0.717, 1.165) is 22.6 Å². The zero-order chi connectivity index (χ0) is 13.8. The number of nitrogens with one attached hydrogen (secondary N) is 1. The molecule has 6 nitrogen and oxygen atoms in total. The van der Waals surface area contributed by atoms with E-state index in [4.69, 9.17) is 19.9 Å². The lowest BCUT2D eigenvalue weighted by Crippen LogP contribution is -2.00. The molecule has 3 N–H and O–H groups in total. The van der Waals surface area contributed by atoms with Crippen LogP contribution in [0.3, 0.4) is 0 Å². The standard InChI is InChI=1S/C13H17N3O3/c1-17-7-9-11(18-2)5-4-8(13(9)19-3)10-6-12(14)16-15-10/h4-6H,7H2,1-3H3,(H3,14,15,16). The predicted molar refractivity (Wildman–Crippen MR) is 72.3 cm³/mol. The molecule has 0 saturated carbocycles. The van der Waals surface area contributed by atoms with Crippen LogP contribution >= 0.6 is 0 Å². The first-order chi connectivity index (χ1) is 9.21. The summed E-state index contributed by atoms with van der Waals surface area (Å²) in [6, 6.07) is 5.51. The van der Waals surface area contributed by atoms with E-state index in [1.807, 2.05) is 12.1 Å². The van der Waals surface area contributed by atoms with Gasteiger partial charge in [-0.15, -0.1) is 0 Å². The van der Waals surface area contributed by atoms with E-state index in [2.05, 4.69) is 10.2 Å². The molecule has 0 aliphatic heterocycles. The number of benzene rings is 1. The van der Waals surface area contributed by atoms with Crippen molar-refractivity contribution in [3.05, 3.63) is 23.8 Å². The quantitative estimate of drug-likeness (QED) is 0.859. The monoisotopic (exact) mass is 263 g/mol. The number of hydrogen-bond acceptors (Lipinski definition) is 5. The van der Waals surface area contributed by atoms with Gasteiger partial charge in [-0.3, -0.25) is 5.10 Å². The molecule has 0 atom stereocenters. The minimum atomic E-state index is 0.393. The van der Waals surface area contributed by atoms with Gasteiger partial charge >= 0.3 is 0 Å². The van der Waals surface area contributed by atoms with Gasteiger partial charge in [0.1, 0.15) is 17.3 Å². The fourth-order valence-electron chi connectivity index (χ4n) is 2.00. The molecule has 0 aliphatic carbocycles. The Labute approximate surface area is 111 Å². The van der Waals surface area contributed by atoms with E-state index in [-0.39, 0.29) is 0 Å². The molecule has 19 heavy (non-hydrogen) atoms. The van der Waals surface area contributed by atoms with Gasteiger partial charge in [0.25, 0.3) is 0 Å². The van der Waals surface area contributed by atoms with Crippen molar-refractivity contribution < 1.29 is 14.2 Å². The number of ether oxygens (including phenoxy) is 3. The van der Waals surface area contributed by atoms with Crippen LogP contribution in [0, 0.1) is 0 Å². The van der Waals surface area contributed by atoms with Gasteiger partial charge in [-0.25, -0.2) is 0 Å². The second kappa shape index (κ2) is 5.62. The van der Waals surface area contributed by atoms with Crippen LogP contribution < -0.4 is 15.2 Å². The average molecular weight is 263 g/mol. The molecule has 0 fully saturated rings. The number of methoxy groups -OCH3 is 3. The molecule has 0 aliphatic rings. The maximum Gasteiger partial charge on any atom is 0.145 e. The van der Waals surface area contributed by atoms with Crippen molar-refractivity contribution in [2.24, 2.45) is 0 Å². The van der Waals surface area contributed by atoms with Crippen LogP contribution in [0.5, 0.6) is 11.5 Å². The van der Waals surface area contributed by atoms with Crippen LogP contribution in [0.2, 0.25) is 0 Å². The Hall–Kier alpha value is -2.21. The minimum Gasteiger partial charge on any atom is -0.496 e. The molecule has 0 unspecified atom stereocenters. The molecule has 6 heteroatoms. The zero-order valence-electron chi connectivity index (χ0n) is 11.2. The summed E-state index contributed by atoms with van der Waals surface area (Å²) in [6.07, 6.45) is 0. The Kier molecular flexibility index (Phi) is 3.91. The van der Waals surface area contributed by atoms with Gasteiger partial charge in [-0.1, -0.05) is 0 Å². The summed E-state index contributed by atoms with van der Waals surface area (Å²) in [5.74, 6) is 1.83. The third-order valence-corrected chi connectivity index (χ3v) is 2.82. The first-order valence-electron chi connectivity index (χ1n) is 5.75. The van der Waals surface area contributed by atoms with Crippen molar-refractivity contribution in [1.82, 2.24) is 10.2 Å². The highest BCUT2D eigenvalue weighted by molar-refractivity contribution is 5.72. The van der Waals surface area contributed by atoms with E-state index < -0.39 is 0 Å². The molecule has 102 valence electrons. The van der Waals surface area contributed by atoms with Gasteiger partial charge in [0, 0.05) is 18.7 Å². The number of aromatic nitrogens is 2. The van der Waals surface area contributed by atoms with Crippen LogP contribution in [-0.2, 0) is 11.3 Å². The van der Waals surface area contributed by atoms with E-state index in [1.54, 1.807) is 27.4 Å². The summed E-state index contributed by atoms with van der Waals surface area (Å²) in [5, 5.41) is 6.79. The van der Waals surface area contributed by atoms with E-state index in [1.165, 1.54) is 0 Å². The smallest absolute Gasteiger partial charge is 0.145 e. The summed E-state index contributed by atoms with van der Waals surface area (Å²) in [6.45, 7) is 0.393. The van der Waals surface area contributed by atoms with Crippen molar-refractivity contribution in [2.45, 2.75) is 6.61 Å². The third kappa shape index (κ3) is 2.48. The number of nitrogens with zero attached hydrogens (tertiary/aromatic N) is 1. The number of H-pyrrole nitrogens is 1. The SMILES string of the molecule is COCc1c(OC)ccc(-c2cc(N)n[nH]2)c1OC. The molecule has 0 radical (unpaired) electrons. The van der Waals surface area contributed by atoms with Crippen molar-refractivity contribution in [3.63, 3.8) is 0 Å². The average Bonchev–Trinajstić information content (AvgIpc) is 2.85. The van der Waals surface area contributed by atoms with E-state index in [9.17, 15) is 0 Å². The van der Waals surface area contributed by atoms with Crippen LogP contribution in [0.4, 0.5) is 5.82 Å². The van der Waals surface area contributed by atoms with Crippen molar-refractivity contribution in [2.75, 3.05) is 27.1 Å². The summed E-state index contributed by atoms with van der Waals surface area (Å²) in [7, 11) is 4.85. The summed E-state index contributed by atoms with van der Waals surface area (Å²) in [5.41, 5.74) is 8.12. The topological polar surface area (TPSA) is 82.4 Å². The number of anilines is 1. The molecule has 0 spiro atoms. The summed E-state index contributed by atoms with van der Waals surface area (Å²) < 4.78 is 16.0. The van der Waals surface area contributed by atoms with Crippen LogP contribution in [0.25, 0.3) is 11.3 Å². The maximum atomic E-state index is 5.63. The molecule has 1 aromatic heterocycles. The molecular weight excluding hydrogens is 246 g/mol. The number of nitrogen functional groups attached to an aromatic ring is 1. The lowest BCUT2D eigenvalue weighted by atomic mass is 10.1. The molecular formula is C13H17N3O3. The molecule has 0 amide bonds. The van der Waals surface area contributed by atoms with E-state index in [0.29, 0.717) is 18.2 Å². The van der Waals surface area contributed by atoms with Gasteiger partial charge in [0.05, 0.1) is 32.1 Å². The summed E-state index contributed by atoms with van der Waals surface area (Å²) >= 11 is 0. The zero-order valence-corrected chi connectivity index (χ0v) is 11.2. The van der Waals surface area contributed by atoms with Crippen molar-refractivity contribution >= 4 is 5.82 Å². The summed E-state index contributed by atoms with van der Waals surface area (Å²) in [4.78, 5) is 0. The molecule has 0 saturated heterocycles. The molecule has 1 heterocycles. The third-order valence-electron chi connectivity index (χ3n) is 2.82. The Morgan fingerprint density at radius 1 is 1.21 bits per heavy atom. The molecule has 1 aromatic carbocycles. The second-order valence-electron chi connectivity index (χ2n) is 3.97. The lowest BCUT2D eigenvalue weighted by molar-refractivity contribution is 0.178. The van der Waals surface area contributed by atoms with Gasteiger partial charge < -0.3 is 19.9 Å². The highest BCUT2D eigenvalue weighted by Gasteiger charge is 2.17. The Balaban J connectivity index is 2.58. The normalized spacial score (nSPS) is 10.5. The fraction of sp³-hybridized carbons (Fsp3) is 0.308. The maximum absolute atomic E-state index is 5.63. The molecule has 0 bridgehead atoms. The van der Waals surface area contributed by atoms with Gasteiger partial charge in [-0.05, 0) is 12.1 Å². The van der Waals surface area contributed by atoms with Crippen LogP contribution in [0.15, 0.2) is 18.2 Å². The Morgan fingerprint density at radius 3 is 2.53 bits per heavy atom. The predicted octanol–water partition coefficient (Wildman–Crippen LogP) is 1.82. The van der Waals surface area contributed by atoms with Crippen molar-refractivity contribution in [3.8, 4) is 22.8 Å². The second-order valence-corrected chi connectivity index (χ2v) is 3.97. The number of hydrogen-bond donors (Lipinski definition) is 2. The van der Waals surface area contributed by atoms with Crippen LogP contribution in [-0.4, -0.2) is 31.5 Å². The first kappa shape index (κ1) is 13.2. The van der Waals surface area contributed by atoms with Gasteiger partial charge in [-0.2, -0.15) is 5.10 Å².